The summed E-state index contributed by atoms with van der Waals surface area (Å²) in [6.07, 6.45) is 0.880. The Hall–Kier alpha value is -5.26. The Morgan fingerprint density at radius 2 is 1.55 bits per heavy atom. The third-order valence-corrected chi connectivity index (χ3v) is 11.9. The number of rotatable bonds is 14. The monoisotopic (exact) mass is 871 g/mol. The topological polar surface area (TPSA) is 234 Å². The van der Waals surface area contributed by atoms with Crippen LogP contribution in [0.25, 0.3) is 0 Å². The molecule has 7 amide bonds. The standard InChI is InChI=1S/C44H70N8O10/c1-12-26(7)34(45-23-53)40(56)50-36-28(9)62-44(60)37(25(5)6)51(10)42(58)32(21-24(3)4)48-39(55)33-15-14-20-46-52(33)43(59)35(27(8)13-2)49-38(54)31(47-41(36)57)22-29-16-18-30(61-11)19-17-29/h16-19,23-28,31-37,46H,12-15,20-22H2,1-11H3,(H,45,53)(H,47,57)(H,48,55)(H,49,54)(H,50,56). The van der Waals surface area contributed by atoms with Gasteiger partial charge in [0, 0.05) is 20.0 Å². The first kappa shape index (κ1) is 51.1. The minimum atomic E-state index is -1.62. The van der Waals surface area contributed by atoms with Crippen molar-refractivity contribution >= 4 is 47.8 Å². The molecule has 1 aromatic carbocycles. The second-order valence-corrected chi connectivity index (χ2v) is 17.4. The van der Waals surface area contributed by atoms with E-state index < -0.39 is 102 Å². The Morgan fingerprint density at radius 1 is 0.903 bits per heavy atom. The van der Waals surface area contributed by atoms with Crippen molar-refractivity contribution in [2.75, 3.05) is 20.7 Å². The molecule has 18 nitrogen and oxygen atoms in total. The molecular weight excluding hydrogens is 801 g/mol. The number of fused-ring (bicyclic) bond motifs is 1. The van der Waals surface area contributed by atoms with Crippen LogP contribution >= 0.6 is 0 Å². The molecule has 0 radical (unpaired) electrons. The summed E-state index contributed by atoms with van der Waals surface area (Å²) >= 11 is 0. The van der Waals surface area contributed by atoms with Gasteiger partial charge in [-0.1, -0.05) is 80.4 Å². The number of carbonyl (C=O) groups is 8. The van der Waals surface area contributed by atoms with Crippen LogP contribution in [-0.4, -0.2) is 127 Å². The molecule has 2 fully saturated rings. The Morgan fingerprint density at radius 3 is 2.11 bits per heavy atom. The van der Waals surface area contributed by atoms with Crippen LogP contribution in [0.5, 0.6) is 5.75 Å². The summed E-state index contributed by atoms with van der Waals surface area (Å²) in [5.41, 5.74) is 3.66. The van der Waals surface area contributed by atoms with Crippen molar-refractivity contribution in [2.24, 2.45) is 23.7 Å². The van der Waals surface area contributed by atoms with Crippen molar-refractivity contribution in [1.29, 1.82) is 0 Å². The van der Waals surface area contributed by atoms with Gasteiger partial charge in [-0.3, -0.25) is 38.6 Å². The number of ether oxygens (including phenoxy) is 2. The molecule has 346 valence electrons. The molecule has 2 saturated heterocycles. The van der Waals surface area contributed by atoms with Crippen LogP contribution in [0.3, 0.4) is 0 Å². The van der Waals surface area contributed by atoms with Gasteiger partial charge in [0.1, 0.15) is 54.1 Å². The van der Waals surface area contributed by atoms with E-state index in [1.807, 2.05) is 27.7 Å². The third kappa shape index (κ3) is 13.4. The first-order valence-electron chi connectivity index (χ1n) is 21.9. The van der Waals surface area contributed by atoms with E-state index in [0.717, 1.165) is 0 Å². The van der Waals surface area contributed by atoms with Crippen LogP contribution in [-0.2, 0) is 49.5 Å². The lowest BCUT2D eigenvalue weighted by atomic mass is 9.95. The molecule has 62 heavy (non-hydrogen) atoms. The summed E-state index contributed by atoms with van der Waals surface area (Å²) < 4.78 is 11.3. The van der Waals surface area contributed by atoms with E-state index in [-0.39, 0.29) is 31.1 Å². The van der Waals surface area contributed by atoms with Crippen LogP contribution in [0.4, 0.5) is 0 Å². The van der Waals surface area contributed by atoms with Gasteiger partial charge in [-0.2, -0.15) is 0 Å². The van der Waals surface area contributed by atoms with Gasteiger partial charge in [-0.25, -0.2) is 10.2 Å². The molecule has 0 aliphatic carbocycles. The summed E-state index contributed by atoms with van der Waals surface area (Å²) in [5.74, 6) is -5.85. The number of benzene rings is 1. The molecule has 0 aromatic heterocycles. The van der Waals surface area contributed by atoms with Crippen LogP contribution in [0, 0.1) is 23.7 Å². The van der Waals surface area contributed by atoms with Crippen molar-refractivity contribution in [3.05, 3.63) is 29.8 Å². The molecule has 0 bridgehead atoms. The molecule has 0 saturated carbocycles. The smallest absolute Gasteiger partial charge is 0.329 e. The summed E-state index contributed by atoms with van der Waals surface area (Å²) in [5, 5.41) is 14.9. The van der Waals surface area contributed by atoms with Crippen molar-refractivity contribution in [2.45, 2.75) is 149 Å². The lowest BCUT2D eigenvalue weighted by molar-refractivity contribution is -0.163. The number of esters is 1. The minimum Gasteiger partial charge on any atom is -0.497 e. The number of hydrazine groups is 1. The minimum absolute atomic E-state index is 0.0716. The van der Waals surface area contributed by atoms with Gasteiger partial charge in [-0.15, -0.1) is 0 Å². The van der Waals surface area contributed by atoms with E-state index in [4.69, 9.17) is 9.47 Å². The molecule has 3 rings (SSSR count). The van der Waals surface area contributed by atoms with Crippen LogP contribution < -0.4 is 36.7 Å². The number of hydrogen-bond donors (Lipinski definition) is 6. The normalized spacial score (nSPS) is 26.4. The fraction of sp³-hybridized carbons (Fsp3) is 0.682. The number of amides is 7. The highest BCUT2D eigenvalue weighted by atomic mass is 16.5. The van der Waals surface area contributed by atoms with Gasteiger partial charge in [-0.05, 0) is 67.6 Å². The zero-order valence-electron chi connectivity index (χ0n) is 38.2. The quantitative estimate of drug-likeness (QED) is 0.115. The summed E-state index contributed by atoms with van der Waals surface area (Å²) in [7, 11) is 2.94. The van der Waals surface area contributed by atoms with Gasteiger partial charge >= 0.3 is 5.97 Å². The Labute approximate surface area is 366 Å². The third-order valence-electron chi connectivity index (χ3n) is 11.9. The highest BCUT2D eigenvalue weighted by Crippen LogP contribution is 2.22. The maximum atomic E-state index is 14.6. The van der Waals surface area contributed by atoms with Crippen LogP contribution in [0.15, 0.2) is 24.3 Å². The predicted molar refractivity (Wildman–Crippen MR) is 231 cm³/mol. The molecule has 2 heterocycles. The molecule has 2 aliphatic rings. The van der Waals surface area contributed by atoms with Crippen molar-refractivity contribution in [3.8, 4) is 5.75 Å². The molecule has 1 aromatic rings. The predicted octanol–water partition coefficient (Wildman–Crippen LogP) is 1.35. The molecule has 2 aliphatic heterocycles. The zero-order valence-corrected chi connectivity index (χ0v) is 38.2. The van der Waals surface area contributed by atoms with Gasteiger partial charge in [0.15, 0.2) is 0 Å². The summed E-state index contributed by atoms with van der Waals surface area (Å²) in [4.78, 5) is 113. The maximum Gasteiger partial charge on any atom is 0.329 e. The van der Waals surface area contributed by atoms with Gasteiger partial charge in [0.05, 0.1) is 7.11 Å². The number of nitrogens with zero attached hydrogens (tertiary/aromatic N) is 2. The fourth-order valence-electron chi connectivity index (χ4n) is 7.76. The first-order valence-corrected chi connectivity index (χ1v) is 21.9. The van der Waals surface area contributed by atoms with E-state index in [1.165, 1.54) is 31.0 Å². The maximum absolute atomic E-state index is 14.6. The van der Waals surface area contributed by atoms with E-state index in [2.05, 4.69) is 32.0 Å². The molecular formula is C44H70N8O10. The van der Waals surface area contributed by atoms with E-state index >= 15 is 0 Å². The van der Waals surface area contributed by atoms with Crippen molar-refractivity contribution in [1.82, 2.24) is 41.9 Å². The largest absolute Gasteiger partial charge is 0.497 e. The average molecular weight is 871 g/mol. The van der Waals surface area contributed by atoms with Gasteiger partial charge in [0.2, 0.25) is 35.9 Å². The summed E-state index contributed by atoms with van der Waals surface area (Å²) in [6.45, 7) is 16.2. The number of nitrogens with one attached hydrogen (secondary N) is 6. The van der Waals surface area contributed by atoms with Gasteiger partial charge in [0.25, 0.3) is 5.91 Å². The molecule has 0 spiro atoms. The second kappa shape index (κ2) is 23.8. The van der Waals surface area contributed by atoms with E-state index in [0.29, 0.717) is 43.5 Å². The second-order valence-electron chi connectivity index (χ2n) is 17.4. The van der Waals surface area contributed by atoms with Crippen LogP contribution in [0.2, 0.25) is 0 Å². The number of carbonyl (C=O) groups excluding carboxylic acids is 8. The Balaban J connectivity index is 2.26. The molecule has 10 unspecified atom stereocenters. The highest BCUT2D eigenvalue weighted by molar-refractivity contribution is 5.98. The first-order chi connectivity index (χ1) is 29.3. The Bertz CT molecular complexity index is 1720. The highest BCUT2D eigenvalue weighted by Gasteiger charge is 2.43. The van der Waals surface area contributed by atoms with Gasteiger partial charge < -0.3 is 41.0 Å². The van der Waals surface area contributed by atoms with Crippen molar-refractivity contribution < 1.29 is 47.8 Å². The zero-order chi connectivity index (χ0) is 46.4. The Kier molecular flexibility index (Phi) is 19.6. The van der Waals surface area contributed by atoms with E-state index in [1.54, 1.807) is 52.0 Å². The number of methoxy groups -OCH3 is 1. The molecule has 10 atom stereocenters. The fourth-order valence-corrected chi connectivity index (χ4v) is 7.76. The van der Waals surface area contributed by atoms with Crippen LogP contribution in [0.1, 0.15) is 100.0 Å². The summed E-state index contributed by atoms with van der Waals surface area (Å²) in [6, 6.07) is -1.75. The molecule has 6 N–H and O–H groups in total. The average Bonchev–Trinajstić information content (AvgIpc) is 3.24. The van der Waals surface area contributed by atoms with Crippen molar-refractivity contribution in [3.63, 3.8) is 0 Å². The number of cyclic esters (lactones) is 1. The lowest BCUT2D eigenvalue weighted by Gasteiger charge is -2.39. The molecule has 18 heteroatoms. The SMILES string of the molecule is CCC(C)C(NC=O)C(=O)NC1C(=O)NC(Cc2ccc(OC)cc2)C(=O)NC(C(C)CC)C(=O)N2NCCCC2C(=O)NC(CC(C)C)C(=O)N(C)C(C(C)C)C(=O)OC1C. The lowest BCUT2D eigenvalue weighted by Crippen LogP contribution is -2.66. The van der Waals surface area contributed by atoms with E-state index in [9.17, 15) is 38.4 Å². The number of hydrogen-bond acceptors (Lipinski definition) is 11. The number of likely N-dealkylation sites (N-methyl/N-ethyl adjacent to an activating group) is 1.